The Hall–Kier alpha value is -3.41. The summed E-state index contributed by atoms with van der Waals surface area (Å²) in [7, 11) is 0. The van der Waals surface area contributed by atoms with Crippen molar-refractivity contribution in [1.82, 2.24) is 9.97 Å². The fraction of sp³-hybridized carbons (Fsp3) is 0.0417. The van der Waals surface area contributed by atoms with E-state index >= 15 is 0 Å². The van der Waals surface area contributed by atoms with Crippen LogP contribution < -0.4 is 5.32 Å². The minimum absolute atomic E-state index is 0.299. The van der Waals surface area contributed by atoms with Gasteiger partial charge in [0, 0.05) is 5.69 Å². The number of benzene rings is 3. The summed E-state index contributed by atoms with van der Waals surface area (Å²) in [5, 5.41) is 3.88. The van der Waals surface area contributed by atoms with E-state index in [9.17, 15) is 4.79 Å². The molecule has 0 aliphatic carbocycles. The van der Waals surface area contributed by atoms with Gasteiger partial charge in [0.2, 0.25) is 0 Å². The predicted molar refractivity (Wildman–Crippen MR) is 129 cm³/mol. The first kappa shape index (κ1) is 20.8. The highest BCUT2D eigenvalue weighted by molar-refractivity contribution is 6.42. The number of carbonyl (C=O) groups excluding carboxylic acids is 1. The third-order valence-corrected chi connectivity index (χ3v) is 5.34. The maximum Gasteiger partial charge on any atom is 0.269 e. The van der Waals surface area contributed by atoms with Crippen molar-refractivity contribution in [2.24, 2.45) is 4.99 Å². The number of amides is 1. The van der Waals surface area contributed by atoms with Gasteiger partial charge >= 0.3 is 0 Å². The molecular weight excluding hydrogens is 431 g/mol. The number of carbonyl (C=O) groups is 1. The number of hydrogen-bond acceptors (Lipinski definition) is 3. The molecule has 4 aromatic rings. The van der Waals surface area contributed by atoms with Crippen LogP contribution in [-0.2, 0) is 4.79 Å². The highest BCUT2D eigenvalue weighted by atomic mass is 35.5. The lowest BCUT2D eigenvalue weighted by Crippen LogP contribution is -2.20. The predicted octanol–water partition coefficient (Wildman–Crippen LogP) is 6.91. The molecule has 1 amide bonds. The van der Waals surface area contributed by atoms with Gasteiger partial charge in [0.25, 0.3) is 5.91 Å². The van der Waals surface area contributed by atoms with Gasteiger partial charge in [0.15, 0.2) is 0 Å². The van der Waals surface area contributed by atoms with Crippen molar-refractivity contribution in [3.05, 3.63) is 82.9 Å². The number of imidazole rings is 1. The smallest absolute Gasteiger partial charge is 0.269 e. The van der Waals surface area contributed by atoms with Crippen molar-refractivity contribution in [2.45, 2.75) is 6.92 Å². The van der Waals surface area contributed by atoms with E-state index in [2.05, 4.69) is 26.9 Å². The zero-order valence-electron chi connectivity index (χ0n) is 16.6. The van der Waals surface area contributed by atoms with Gasteiger partial charge in [-0.25, -0.2) is 9.98 Å². The van der Waals surface area contributed by atoms with E-state index in [1.165, 1.54) is 0 Å². The molecule has 31 heavy (non-hydrogen) atoms. The summed E-state index contributed by atoms with van der Waals surface area (Å²) in [6.45, 7) is 5.45. The maximum absolute atomic E-state index is 12.6. The van der Waals surface area contributed by atoms with Crippen molar-refractivity contribution in [3.63, 3.8) is 0 Å². The lowest BCUT2D eigenvalue weighted by Gasteiger charge is -2.06. The molecule has 0 saturated carbocycles. The van der Waals surface area contributed by atoms with Crippen LogP contribution in [0.2, 0.25) is 10.0 Å². The van der Waals surface area contributed by atoms with Gasteiger partial charge < -0.3 is 10.3 Å². The average Bonchev–Trinajstić information content (AvgIpc) is 3.16. The standard InChI is InChI=1S/C24H18Cl2N4O/c1-3-15-7-4-5-10-19(15)27-14(2)24(31)28-16-11-12-20-21(13-16)30-23(29-20)22-17(25)8-6-9-18(22)26/h3-13H,1H2,2H3,(H,28,31)(H,29,30)/b27-14+. The Bertz CT molecular complexity index is 1320. The van der Waals surface area contributed by atoms with Crippen LogP contribution in [-0.4, -0.2) is 21.6 Å². The Labute approximate surface area is 189 Å². The fourth-order valence-electron chi connectivity index (χ4n) is 3.14. The third-order valence-electron chi connectivity index (χ3n) is 4.71. The van der Waals surface area contributed by atoms with Gasteiger partial charge in [-0.2, -0.15) is 0 Å². The lowest BCUT2D eigenvalue weighted by atomic mass is 10.2. The normalized spacial score (nSPS) is 11.5. The molecule has 1 aromatic heterocycles. The number of H-pyrrole nitrogens is 1. The van der Waals surface area contributed by atoms with Crippen molar-refractivity contribution in [2.75, 3.05) is 5.32 Å². The van der Waals surface area contributed by atoms with Crippen LogP contribution in [0, 0.1) is 0 Å². The molecule has 0 atom stereocenters. The number of anilines is 1. The number of hydrogen-bond donors (Lipinski definition) is 2. The molecule has 1 heterocycles. The summed E-state index contributed by atoms with van der Waals surface area (Å²) in [5.74, 6) is 0.264. The Morgan fingerprint density at radius 1 is 1.10 bits per heavy atom. The SMILES string of the molecule is C=Cc1ccccc1/N=C(\C)C(=O)Nc1ccc2nc(-c3c(Cl)cccc3Cl)[nH]c2c1. The van der Waals surface area contributed by atoms with Gasteiger partial charge in [0.1, 0.15) is 11.5 Å². The number of aromatic amines is 1. The molecular formula is C24H18Cl2N4O. The van der Waals surface area contributed by atoms with E-state index in [0.717, 1.165) is 16.6 Å². The second-order valence-corrected chi connectivity index (χ2v) is 7.64. The summed E-state index contributed by atoms with van der Waals surface area (Å²) >= 11 is 12.6. The largest absolute Gasteiger partial charge is 0.338 e. The number of para-hydroxylation sites is 1. The fourth-order valence-corrected chi connectivity index (χ4v) is 3.72. The molecule has 0 bridgehead atoms. The van der Waals surface area contributed by atoms with E-state index in [4.69, 9.17) is 23.2 Å². The Morgan fingerprint density at radius 2 is 1.84 bits per heavy atom. The molecule has 4 rings (SSSR count). The van der Waals surface area contributed by atoms with E-state index < -0.39 is 0 Å². The molecule has 0 spiro atoms. The number of nitrogens with one attached hydrogen (secondary N) is 2. The van der Waals surface area contributed by atoms with Crippen LogP contribution in [0.15, 0.2) is 72.2 Å². The number of aliphatic imine (C=N–C) groups is 1. The van der Waals surface area contributed by atoms with Gasteiger partial charge in [-0.15, -0.1) is 0 Å². The van der Waals surface area contributed by atoms with Crippen LogP contribution in [0.25, 0.3) is 28.5 Å². The molecule has 0 saturated heterocycles. The van der Waals surface area contributed by atoms with Crippen molar-refractivity contribution in [3.8, 4) is 11.4 Å². The zero-order valence-corrected chi connectivity index (χ0v) is 18.1. The number of aromatic nitrogens is 2. The molecule has 0 fully saturated rings. The topological polar surface area (TPSA) is 70.1 Å². The van der Waals surface area contributed by atoms with Gasteiger partial charge in [-0.1, -0.05) is 60.1 Å². The highest BCUT2D eigenvalue weighted by Gasteiger charge is 2.14. The van der Waals surface area contributed by atoms with Crippen molar-refractivity contribution >= 4 is 63.3 Å². The Morgan fingerprint density at radius 3 is 2.58 bits per heavy atom. The third kappa shape index (κ3) is 4.38. The molecule has 0 unspecified atom stereocenters. The lowest BCUT2D eigenvalue weighted by molar-refractivity contribution is -0.110. The highest BCUT2D eigenvalue weighted by Crippen LogP contribution is 2.34. The monoisotopic (exact) mass is 448 g/mol. The Kier molecular flexibility index (Phi) is 5.89. The second-order valence-electron chi connectivity index (χ2n) is 6.83. The first-order valence-electron chi connectivity index (χ1n) is 9.48. The molecule has 3 aromatic carbocycles. The van der Waals surface area contributed by atoms with Crippen LogP contribution >= 0.6 is 23.2 Å². The van der Waals surface area contributed by atoms with Crippen molar-refractivity contribution in [1.29, 1.82) is 0 Å². The summed E-state index contributed by atoms with van der Waals surface area (Å²) in [6.07, 6.45) is 1.71. The summed E-state index contributed by atoms with van der Waals surface area (Å²) in [4.78, 5) is 24.9. The van der Waals surface area contributed by atoms with E-state index in [1.54, 1.807) is 43.3 Å². The first-order valence-corrected chi connectivity index (χ1v) is 10.2. The number of halogens is 2. The molecule has 154 valence electrons. The van der Waals surface area contributed by atoms with Gasteiger partial charge in [-0.3, -0.25) is 4.79 Å². The summed E-state index contributed by atoms with van der Waals surface area (Å²) < 4.78 is 0. The first-order chi connectivity index (χ1) is 15.0. The summed E-state index contributed by atoms with van der Waals surface area (Å²) in [6, 6.07) is 18.2. The second kappa shape index (κ2) is 8.76. The molecule has 0 aliphatic heterocycles. The van der Waals surface area contributed by atoms with Crippen LogP contribution in [0.3, 0.4) is 0 Å². The molecule has 5 nitrogen and oxygen atoms in total. The van der Waals surface area contributed by atoms with E-state index in [0.29, 0.717) is 38.5 Å². The number of rotatable bonds is 5. The average molecular weight is 449 g/mol. The minimum Gasteiger partial charge on any atom is -0.338 e. The number of nitrogens with zero attached hydrogens (tertiary/aromatic N) is 2. The minimum atomic E-state index is -0.299. The van der Waals surface area contributed by atoms with Crippen LogP contribution in [0.5, 0.6) is 0 Å². The molecule has 2 N–H and O–H groups in total. The molecule has 7 heteroatoms. The molecule has 0 aliphatic rings. The quantitative estimate of drug-likeness (QED) is 0.325. The van der Waals surface area contributed by atoms with Gasteiger partial charge in [-0.05, 0) is 48.9 Å². The van der Waals surface area contributed by atoms with Gasteiger partial charge in [0.05, 0.1) is 32.3 Å². The van der Waals surface area contributed by atoms with Crippen molar-refractivity contribution < 1.29 is 4.79 Å². The maximum atomic E-state index is 12.6. The number of fused-ring (bicyclic) bond motifs is 1. The van der Waals surface area contributed by atoms with Crippen LogP contribution in [0.1, 0.15) is 12.5 Å². The van der Waals surface area contributed by atoms with Crippen LogP contribution in [0.4, 0.5) is 11.4 Å². The Balaban J connectivity index is 1.60. The summed E-state index contributed by atoms with van der Waals surface area (Å²) in [5.41, 5.74) is 4.61. The zero-order chi connectivity index (χ0) is 22.0. The van der Waals surface area contributed by atoms with E-state index in [-0.39, 0.29) is 5.91 Å². The molecule has 0 radical (unpaired) electrons. The van der Waals surface area contributed by atoms with E-state index in [1.807, 2.05) is 30.3 Å².